The van der Waals surface area contributed by atoms with E-state index in [0.717, 1.165) is 0 Å². The summed E-state index contributed by atoms with van der Waals surface area (Å²) >= 11 is 0. The molecule has 51 heavy (non-hydrogen) atoms. The molecule has 13 heteroatoms. The van der Waals surface area contributed by atoms with E-state index in [1.807, 2.05) is 30.3 Å². The third-order valence-electron chi connectivity index (χ3n) is 6.17. The molecule has 0 saturated carbocycles. The molecule has 0 saturated heterocycles. The van der Waals surface area contributed by atoms with E-state index in [4.69, 9.17) is 42.1 Å². The Kier molecular flexibility index (Phi) is 18.6. The van der Waals surface area contributed by atoms with Crippen LogP contribution in [0.15, 0.2) is 78.9 Å². The molecule has 0 spiro atoms. The van der Waals surface area contributed by atoms with Crippen molar-refractivity contribution in [2.75, 3.05) is 0 Å². The first-order valence-electron chi connectivity index (χ1n) is 13.8. The Morgan fingerprint density at radius 3 is 0.863 bits per heavy atom. The van der Waals surface area contributed by atoms with Crippen molar-refractivity contribution in [1.29, 1.82) is 42.1 Å². The van der Waals surface area contributed by atoms with Gasteiger partial charge in [0.2, 0.25) is 0 Å². The molecule has 4 aromatic rings. The zero-order valence-corrected chi connectivity index (χ0v) is 28.1. The van der Waals surface area contributed by atoms with Gasteiger partial charge in [-0.3, -0.25) is 0 Å². The molecule has 0 heterocycles. The van der Waals surface area contributed by atoms with Crippen LogP contribution in [-0.4, -0.2) is 0 Å². The Bertz CT molecular complexity index is 2080. The molecular weight excluding hydrogens is 700 g/mol. The first-order valence-corrected chi connectivity index (χ1v) is 13.8. The van der Waals surface area contributed by atoms with Crippen LogP contribution in [0.25, 0.3) is 22.3 Å². The minimum atomic E-state index is -1.05. The zero-order valence-electron chi connectivity index (χ0n) is 26.9. The summed E-state index contributed by atoms with van der Waals surface area (Å²) in [6.45, 7) is 6.67. The minimum Gasteiger partial charge on any atom is -0.214 e. The maximum Gasteiger partial charge on any atom is 2.00 e. The van der Waals surface area contributed by atoms with Crippen LogP contribution in [-0.2, 0) is 22.5 Å². The molecule has 250 valence electrons. The van der Waals surface area contributed by atoms with Crippen LogP contribution in [0.4, 0.5) is 17.6 Å². The van der Waals surface area contributed by atoms with E-state index in [1.54, 1.807) is 0 Å². The molecule has 0 bridgehead atoms. The van der Waals surface area contributed by atoms with E-state index < -0.39 is 66.4 Å². The first-order chi connectivity index (χ1) is 23.8. The molecule has 8 nitrogen and oxygen atoms in total. The van der Waals surface area contributed by atoms with Crippen LogP contribution in [0.2, 0.25) is 0 Å². The number of halogens is 4. The Hall–Kier alpha value is -7.22. The predicted octanol–water partition coefficient (Wildman–Crippen LogP) is 4.83. The van der Waals surface area contributed by atoms with Gasteiger partial charge in [0.15, 0.2) is 0 Å². The number of hydrogen-bond donors (Lipinski definition) is 0. The Labute approximate surface area is 301 Å². The number of hydrogen-bond acceptors (Lipinski definition) is 8. The first kappa shape index (κ1) is 43.8. The summed E-state index contributed by atoms with van der Waals surface area (Å²) in [6.07, 6.45) is 0. The number of rotatable bonds is 0. The van der Waals surface area contributed by atoms with Gasteiger partial charge in [-0.25, -0.2) is 41.8 Å². The van der Waals surface area contributed by atoms with Gasteiger partial charge < -0.3 is 0 Å². The molecule has 0 fully saturated rings. The Morgan fingerprint density at radius 1 is 0.490 bits per heavy atom. The molecule has 0 atom stereocenters. The monoisotopic (exact) mass is 722 g/mol. The third-order valence-corrected chi connectivity index (χ3v) is 6.17. The van der Waals surface area contributed by atoms with Crippen molar-refractivity contribution in [3.8, 4) is 48.6 Å². The number of nitrogens with zero attached hydrogens (tertiary/aromatic N) is 8. The largest absolute Gasteiger partial charge is 2.00 e. The fourth-order valence-electron chi connectivity index (χ4n) is 3.64. The van der Waals surface area contributed by atoms with Crippen LogP contribution in [0.5, 0.6) is 0 Å². The SMILES string of the molecule is CC(C)(C)[c-]1cccc1.N#CC(C#N)=c1cc(F)c(=C(C#N)C#N)cc1F.N#CC(C#N)=c1cc(F)c(=C(C#N)C#N)cc1F.[Fe+2].c1cc[cH-]c1. The van der Waals surface area contributed by atoms with Crippen LogP contribution in [0, 0.1) is 114 Å². The normalized spacial score (nSPS) is 8.76. The molecular formula is C38H22F4FeN8. The Balaban J connectivity index is 0.000000707. The predicted molar refractivity (Wildman–Crippen MR) is 173 cm³/mol. The quantitative estimate of drug-likeness (QED) is 0.140. The average molecular weight is 722 g/mol. The zero-order chi connectivity index (χ0) is 37.9. The maximum atomic E-state index is 13.6. The van der Waals surface area contributed by atoms with Gasteiger partial charge in [-0.1, -0.05) is 26.2 Å². The molecule has 0 N–H and O–H groups in total. The molecule has 0 unspecified atom stereocenters. The summed E-state index contributed by atoms with van der Waals surface area (Å²) in [7, 11) is 0. The van der Waals surface area contributed by atoms with Gasteiger partial charge >= 0.3 is 17.1 Å². The summed E-state index contributed by atoms with van der Waals surface area (Å²) in [6, 6.07) is 32.3. The van der Waals surface area contributed by atoms with Crippen molar-refractivity contribution in [2.45, 2.75) is 26.2 Å². The maximum absolute atomic E-state index is 13.6. The van der Waals surface area contributed by atoms with Gasteiger partial charge in [0.25, 0.3) is 0 Å². The molecule has 0 aliphatic carbocycles. The second kappa shape index (κ2) is 21.6. The number of nitriles is 8. The van der Waals surface area contributed by atoms with Crippen molar-refractivity contribution < 1.29 is 34.6 Å². The standard InChI is InChI=1S/2C12H2F2N4.C9H13.C5H5.Fe/c2*13-11-1-9(7(3-15)4-16)12(14)2-10(11)8(5-17)6-18;1-9(2,3)8-6-4-5-7-8;1-2-4-5-3-1;/h2*1-2H;4-7H,1-3H3;1-5H;/q;;2*-1;+2. The molecule has 0 radical (unpaired) electrons. The van der Waals surface area contributed by atoms with E-state index >= 15 is 0 Å². The summed E-state index contributed by atoms with van der Waals surface area (Å²) in [4.78, 5) is 0. The summed E-state index contributed by atoms with van der Waals surface area (Å²) in [5.41, 5.74) is -0.616. The molecule has 0 aromatic heterocycles. The van der Waals surface area contributed by atoms with Gasteiger partial charge in [-0.2, -0.15) is 78.0 Å². The smallest absolute Gasteiger partial charge is 0.214 e. The van der Waals surface area contributed by atoms with E-state index in [-0.39, 0.29) is 17.1 Å². The van der Waals surface area contributed by atoms with E-state index in [9.17, 15) is 17.6 Å². The fraction of sp³-hybridized carbons (Fsp3) is 0.105. The minimum absolute atomic E-state index is 0. The van der Waals surface area contributed by atoms with Gasteiger partial charge in [0.05, 0.1) is 0 Å². The van der Waals surface area contributed by atoms with Crippen LogP contribution in [0.1, 0.15) is 26.3 Å². The molecule has 4 rings (SSSR count). The van der Waals surface area contributed by atoms with E-state index in [1.165, 1.54) is 54.1 Å². The molecule has 0 aliphatic heterocycles. The summed E-state index contributed by atoms with van der Waals surface area (Å²) in [5.74, 6) is -4.19. The third kappa shape index (κ3) is 12.7. The molecule has 0 amide bonds. The summed E-state index contributed by atoms with van der Waals surface area (Å²) < 4.78 is 54.3. The van der Waals surface area contributed by atoms with Crippen molar-refractivity contribution in [1.82, 2.24) is 0 Å². The van der Waals surface area contributed by atoms with Gasteiger partial charge in [0.1, 0.15) is 94.1 Å². The molecule has 4 aromatic carbocycles. The fourth-order valence-corrected chi connectivity index (χ4v) is 3.64. The van der Waals surface area contributed by atoms with Crippen LogP contribution in [0.3, 0.4) is 0 Å². The topological polar surface area (TPSA) is 190 Å². The van der Waals surface area contributed by atoms with Gasteiger partial charge in [-0.05, 0) is 24.3 Å². The van der Waals surface area contributed by atoms with Gasteiger partial charge in [0, 0.05) is 20.9 Å². The van der Waals surface area contributed by atoms with E-state index in [0.29, 0.717) is 29.7 Å². The summed E-state index contributed by atoms with van der Waals surface area (Å²) in [5, 5.41) is 66.4. The Morgan fingerprint density at radius 2 is 0.725 bits per heavy atom. The second-order valence-electron chi connectivity index (χ2n) is 10.4. The van der Waals surface area contributed by atoms with Crippen molar-refractivity contribution in [3.05, 3.63) is 129 Å². The van der Waals surface area contributed by atoms with Crippen molar-refractivity contribution in [3.63, 3.8) is 0 Å². The van der Waals surface area contributed by atoms with Crippen LogP contribution < -0.4 is 20.9 Å². The molecule has 0 aliphatic rings. The number of benzene rings is 2. The van der Waals surface area contributed by atoms with Crippen molar-refractivity contribution in [2.24, 2.45) is 0 Å². The average Bonchev–Trinajstić information content (AvgIpc) is 3.86. The van der Waals surface area contributed by atoms with Crippen molar-refractivity contribution >= 4 is 22.3 Å². The van der Waals surface area contributed by atoms with Gasteiger partial charge in [-0.15, -0.1) is 0 Å². The van der Waals surface area contributed by atoms with E-state index in [2.05, 4.69) is 45.0 Å². The van der Waals surface area contributed by atoms with Crippen LogP contribution >= 0.6 is 0 Å². The second-order valence-corrected chi connectivity index (χ2v) is 10.4.